The lowest BCUT2D eigenvalue weighted by atomic mass is 10.1. The van der Waals surface area contributed by atoms with Crippen LogP contribution < -0.4 is 5.32 Å². The molecule has 0 saturated carbocycles. The van der Waals surface area contributed by atoms with Gasteiger partial charge in [-0.2, -0.15) is 5.10 Å². The second kappa shape index (κ2) is 7.70. The number of hydrogen-bond acceptors (Lipinski definition) is 3. The normalized spacial score (nSPS) is 18.5. The van der Waals surface area contributed by atoms with Crippen molar-refractivity contribution in [1.29, 1.82) is 0 Å². The van der Waals surface area contributed by atoms with E-state index < -0.39 is 0 Å². The quantitative estimate of drug-likeness (QED) is 0.687. The Morgan fingerprint density at radius 2 is 2.24 bits per heavy atom. The van der Waals surface area contributed by atoms with Gasteiger partial charge in [0, 0.05) is 38.9 Å². The van der Waals surface area contributed by atoms with Crippen molar-refractivity contribution in [2.45, 2.75) is 26.5 Å². The first-order valence-corrected chi connectivity index (χ1v) is 8.68. The molecule has 1 fully saturated rings. The van der Waals surface area contributed by atoms with Crippen LogP contribution in [-0.2, 0) is 18.3 Å². The number of aryl methyl sites for hydroxylation is 3. The van der Waals surface area contributed by atoms with E-state index in [2.05, 4.69) is 52.4 Å². The van der Waals surface area contributed by atoms with Gasteiger partial charge in [-0.3, -0.25) is 9.67 Å². The summed E-state index contributed by atoms with van der Waals surface area (Å²) in [5, 5.41) is 7.74. The van der Waals surface area contributed by atoms with Crippen molar-refractivity contribution >= 4 is 5.96 Å². The number of ether oxygens (including phenoxy) is 1. The van der Waals surface area contributed by atoms with Crippen LogP contribution in [0.4, 0.5) is 0 Å². The zero-order valence-electron chi connectivity index (χ0n) is 15.5. The van der Waals surface area contributed by atoms with E-state index in [1.54, 1.807) is 0 Å². The summed E-state index contributed by atoms with van der Waals surface area (Å²) in [6, 6.07) is 6.55. The molecule has 25 heavy (non-hydrogen) atoms. The third-order valence-corrected chi connectivity index (χ3v) is 4.61. The number of rotatable bonds is 3. The first kappa shape index (κ1) is 17.5. The van der Waals surface area contributed by atoms with Crippen LogP contribution in [0.25, 0.3) is 0 Å². The molecule has 0 bridgehead atoms. The van der Waals surface area contributed by atoms with Gasteiger partial charge in [0.1, 0.15) is 6.10 Å². The minimum absolute atomic E-state index is 0.0297. The summed E-state index contributed by atoms with van der Waals surface area (Å²) < 4.78 is 7.73. The van der Waals surface area contributed by atoms with E-state index in [1.165, 1.54) is 16.7 Å². The molecule has 1 N–H and O–H groups in total. The largest absolute Gasteiger partial charge is 0.370 e. The Morgan fingerprint density at radius 3 is 2.92 bits per heavy atom. The van der Waals surface area contributed by atoms with Crippen molar-refractivity contribution in [3.8, 4) is 0 Å². The molecule has 1 aromatic heterocycles. The molecule has 3 rings (SSSR count). The molecule has 1 aliphatic heterocycles. The monoisotopic (exact) mass is 341 g/mol. The van der Waals surface area contributed by atoms with Gasteiger partial charge in [-0.25, -0.2) is 0 Å². The van der Waals surface area contributed by atoms with Crippen LogP contribution in [0.2, 0.25) is 0 Å². The molecule has 1 atom stereocenters. The molecule has 134 valence electrons. The number of aromatic nitrogens is 2. The van der Waals surface area contributed by atoms with E-state index in [-0.39, 0.29) is 6.10 Å². The molecular weight excluding hydrogens is 314 g/mol. The number of morpholine rings is 1. The fourth-order valence-corrected chi connectivity index (χ4v) is 3.20. The maximum atomic E-state index is 5.92. The average Bonchev–Trinajstić information content (AvgIpc) is 3.04. The molecular formula is C19H27N5O. The maximum absolute atomic E-state index is 5.92. The van der Waals surface area contributed by atoms with E-state index in [0.717, 1.165) is 31.2 Å². The van der Waals surface area contributed by atoms with Gasteiger partial charge < -0.3 is 15.0 Å². The topological polar surface area (TPSA) is 54.7 Å². The number of benzene rings is 1. The van der Waals surface area contributed by atoms with Gasteiger partial charge in [0.25, 0.3) is 0 Å². The molecule has 6 heteroatoms. The molecule has 1 aliphatic rings. The second-order valence-corrected chi connectivity index (χ2v) is 6.58. The van der Waals surface area contributed by atoms with Crippen LogP contribution in [-0.4, -0.2) is 47.4 Å². The Balaban J connectivity index is 1.64. The molecule has 1 saturated heterocycles. The van der Waals surface area contributed by atoms with Crippen LogP contribution >= 0.6 is 0 Å². The van der Waals surface area contributed by atoms with Crippen molar-refractivity contribution in [3.05, 3.63) is 52.8 Å². The molecule has 6 nitrogen and oxygen atoms in total. The van der Waals surface area contributed by atoms with Crippen LogP contribution in [0.1, 0.15) is 28.4 Å². The first-order chi connectivity index (χ1) is 12.1. The molecule has 0 radical (unpaired) electrons. The molecule has 2 heterocycles. The minimum atomic E-state index is 0.0297. The number of aliphatic imine (C=N–C) groups is 1. The van der Waals surface area contributed by atoms with Crippen LogP contribution in [0.5, 0.6) is 0 Å². The SMILES string of the molecule is CN=C(NCc1ccc(C)cc1C)N1CCOC(c2cnn(C)c2)C1. The summed E-state index contributed by atoms with van der Waals surface area (Å²) >= 11 is 0. The fraction of sp³-hybridized carbons (Fsp3) is 0.474. The lowest BCUT2D eigenvalue weighted by Gasteiger charge is -2.34. The van der Waals surface area contributed by atoms with Crippen LogP contribution in [0.3, 0.4) is 0 Å². The van der Waals surface area contributed by atoms with Crippen LogP contribution in [0, 0.1) is 13.8 Å². The standard InChI is InChI=1S/C19H27N5O/c1-14-5-6-16(15(2)9-14)10-21-19(20-3)24-7-8-25-18(13-24)17-11-22-23(4)12-17/h5-6,9,11-12,18H,7-8,10,13H2,1-4H3,(H,20,21). The van der Waals surface area contributed by atoms with Crippen molar-refractivity contribution in [2.24, 2.45) is 12.0 Å². The highest BCUT2D eigenvalue weighted by Crippen LogP contribution is 2.21. The third-order valence-electron chi connectivity index (χ3n) is 4.61. The lowest BCUT2D eigenvalue weighted by molar-refractivity contribution is -0.00805. The third kappa shape index (κ3) is 4.20. The van der Waals surface area contributed by atoms with Gasteiger partial charge in [-0.1, -0.05) is 23.8 Å². The second-order valence-electron chi connectivity index (χ2n) is 6.58. The summed E-state index contributed by atoms with van der Waals surface area (Å²) in [7, 11) is 3.76. The van der Waals surface area contributed by atoms with Gasteiger partial charge in [-0.15, -0.1) is 0 Å². The van der Waals surface area contributed by atoms with E-state index in [0.29, 0.717) is 6.61 Å². The molecule has 2 aromatic rings. The van der Waals surface area contributed by atoms with Crippen molar-refractivity contribution in [1.82, 2.24) is 20.0 Å². The van der Waals surface area contributed by atoms with Gasteiger partial charge in [0.2, 0.25) is 0 Å². The number of nitrogens with one attached hydrogen (secondary N) is 1. The molecule has 0 spiro atoms. The van der Waals surface area contributed by atoms with Crippen molar-refractivity contribution in [3.63, 3.8) is 0 Å². The summed E-state index contributed by atoms with van der Waals surface area (Å²) in [4.78, 5) is 6.72. The van der Waals surface area contributed by atoms with E-state index >= 15 is 0 Å². The smallest absolute Gasteiger partial charge is 0.194 e. The summed E-state index contributed by atoms with van der Waals surface area (Å²) in [5.41, 5.74) is 5.00. The Morgan fingerprint density at radius 1 is 1.40 bits per heavy atom. The van der Waals surface area contributed by atoms with Crippen molar-refractivity contribution in [2.75, 3.05) is 26.7 Å². The molecule has 1 unspecified atom stereocenters. The van der Waals surface area contributed by atoms with E-state index in [9.17, 15) is 0 Å². The fourth-order valence-electron chi connectivity index (χ4n) is 3.20. The van der Waals surface area contributed by atoms with Crippen LogP contribution in [0.15, 0.2) is 35.6 Å². The number of guanidine groups is 1. The number of hydrogen-bond donors (Lipinski definition) is 1. The molecule has 1 aromatic carbocycles. The maximum Gasteiger partial charge on any atom is 0.194 e. The summed E-state index contributed by atoms with van der Waals surface area (Å²) in [5.74, 6) is 0.914. The predicted molar refractivity (Wildman–Crippen MR) is 99.6 cm³/mol. The zero-order valence-corrected chi connectivity index (χ0v) is 15.5. The lowest BCUT2D eigenvalue weighted by Crippen LogP contribution is -2.47. The van der Waals surface area contributed by atoms with E-state index in [4.69, 9.17) is 4.74 Å². The predicted octanol–water partition coefficient (Wildman–Crippen LogP) is 2.19. The van der Waals surface area contributed by atoms with Gasteiger partial charge in [-0.05, 0) is 25.0 Å². The molecule has 0 aliphatic carbocycles. The van der Waals surface area contributed by atoms with E-state index in [1.807, 2.05) is 31.2 Å². The Hall–Kier alpha value is -2.34. The Bertz CT molecular complexity index is 752. The highest BCUT2D eigenvalue weighted by Gasteiger charge is 2.25. The summed E-state index contributed by atoms with van der Waals surface area (Å²) in [6.45, 7) is 7.34. The van der Waals surface area contributed by atoms with Gasteiger partial charge in [0.05, 0.1) is 19.3 Å². The van der Waals surface area contributed by atoms with Crippen molar-refractivity contribution < 1.29 is 4.74 Å². The number of nitrogens with zero attached hydrogens (tertiary/aromatic N) is 4. The highest BCUT2D eigenvalue weighted by atomic mass is 16.5. The first-order valence-electron chi connectivity index (χ1n) is 8.68. The molecule has 0 amide bonds. The highest BCUT2D eigenvalue weighted by molar-refractivity contribution is 5.80. The Labute approximate surface area is 149 Å². The average molecular weight is 341 g/mol. The van der Waals surface area contributed by atoms with Gasteiger partial charge >= 0.3 is 0 Å². The zero-order chi connectivity index (χ0) is 17.8. The van der Waals surface area contributed by atoms with Gasteiger partial charge in [0.15, 0.2) is 5.96 Å². The minimum Gasteiger partial charge on any atom is -0.370 e. The summed E-state index contributed by atoms with van der Waals surface area (Å²) in [6.07, 6.45) is 3.92. The Kier molecular flexibility index (Phi) is 5.38.